The summed E-state index contributed by atoms with van der Waals surface area (Å²) in [7, 11) is 0. The van der Waals surface area contributed by atoms with E-state index in [-0.39, 0.29) is 5.75 Å². The number of ether oxygens (including phenoxy) is 1. The van der Waals surface area contributed by atoms with E-state index >= 15 is 0 Å². The van der Waals surface area contributed by atoms with Crippen molar-refractivity contribution < 1.29 is 9.84 Å². The fraction of sp³-hybridized carbons (Fsp3) is 0.211. The van der Waals surface area contributed by atoms with E-state index in [0.717, 1.165) is 11.3 Å². The average Bonchev–Trinajstić information content (AvgIpc) is 3.09. The first-order valence-electron chi connectivity index (χ1n) is 8.24. The predicted octanol–water partition coefficient (Wildman–Crippen LogP) is 3.87. The van der Waals surface area contributed by atoms with Crippen LogP contribution in [0.1, 0.15) is 23.6 Å². The molecule has 0 aliphatic carbocycles. The Hall–Kier alpha value is -2.80. The molecule has 1 aromatic heterocycles. The van der Waals surface area contributed by atoms with Gasteiger partial charge >= 0.3 is 0 Å². The smallest absolute Gasteiger partial charge is 0.212 e. The third-order valence-electron chi connectivity index (χ3n) is 3.60. The van der Waals surface area contributed by atoms with Crippen molar-refractivity contribution in [3.05, 3.63) is 65.5 Å². The van der Waals surface area contributed by atoms with Gasteiger partial charge in [-0.2, -0.15) is 9.78 Å². The first-order chi connectivity index (χ1) is 12.7. The number of nitrogens with zero attached hydrogens (tertiary/aromatic N) is 4. The van der Waals surface area contributed by atoms with Crippen LogP contribution in [0.3, 0.4) is 0 Å². The fourth-order valence-electron chi connectivity index (χ4n) is 2.24. The van der Waals surface area contributed by atoms with Gasteiger partial charge in [0.25, 0.3) is 0 Å². The molecule has 134 valence electrons. The Morgan fingerprint density at radius 2 is 2.04 bits per heavy atom. The summed E-state index contributed by atoms with van der Waals surface area (Å²) >= 11 is 1.57. The Bertz CT molecular complexity index is 891. The zero-order valence-electron chi connectivity index (χ0n) is 14.7. The van der Waals surface area contributed by atoms with Crippen molar-refractivity contribution in [3.63, 3.8) is 0 Å². The Labute approximate surface area is 156 Å². The van der Waals surface area contributed by atoms with Crippen LogP contribution in [-0.4, -0.2) is 32.8 Å². The number of aromatic nitrogens is 3. The van der Waals surface area contributed by atoms with Crippen LogP contribution in [0.2, 0.25) is 0 Å². The third-order valence-corrected chi connectivity index (χ3v) is 4.61. The number of hydrogen-bond acceptors (Lipinski definition) is 6. The topological polar surface area (TPSA) is 72.5 Å². The summed E-state index contributed by atoms with van der Waals surface area (Å²) in [5, 5.41) is 22.9. The number of phenolic OH excluding ortho intramolecular Hbond substituents is 1. The SMILES string of the molecule is CCOc1cc(C=Nn2cnnc2SCc2ccc(C)cc2)ccc1O. The maximum atomic E-state index is 9.76. The van der Waals surface area contributed by atoms with Gasteiger partial charge in [-0.05, 0) is 43.2 Å². The van der Waals surface area contributed by atoms with Gasteiger partial charge in [-0.3, -0.25) is 0 Å². The van der Waals surface area contributed by atoms with E-state index in [1.807, 2.05) is 6.92 Å². The summed E-state index contributed by atoms with van der Waals surface area (Å²) in [6.07, 6.45) is 3.25. The van der Waals surface area contributed by atoms with Crippen LogP contribution < -0.4 is 4.74 Å². The predicted molar refractivity (Wildman–Crippen MR) is 103 cm³/mol. The molecule has 7 heteroatoms. The molecule has 0 unspecified atom stereocenters. The van der Waals surface area contributed by atoms with E-state index < -0.39 is 0 Å². The highest BCUT2D eigenvalue weighted by molar-refractivity contribution is 7.98. The maximum absolute atomic E-state index is 9.76. The van der Waals surface area contributed by atoms with Crippen molar-refractivity contribution >= 4 is 18.0 Å². The lowest BCUT2D eigenvalue weighted by Crippen LogP contribution is -1.95. The van der Waals surface area contributed by atoms with E-state index in [4.69, 9.17) is 4.74 Å². The van der Waals surface area contributed by atoms with E-state index in [0.29, 0.717) is 17.5 Å². The van der Waals surface area contributed by atoms with Gasteiger partial charge in [0.1, 0.15) is 6.33 Å². The molecule has 1 heterocycles. The highest BCUT2D eigenvalue weighted by Gasteiger charge is 2.06. The lowest BCUT2D eigenvalue weighted by atomic mass is 10.2. The van der Waals surface area contributed by atoms with Gasteiger partial charge in [0.15, 0.2) is 11.5 Å². The highest BCUT2D eigenvalue weighted by atomic mass is 32.2. The minimum atomic E-state index is 0.114. The van der Waals surface area contributed by atoms with Crippen LogP contribution in [0, 0.1) is 6.92 Å². The molecule has 0 atom stereocenters. The first kappa shape index (κ1) is 18.0. The largest absolute Gasteiger partial charge is 0.504 e. The van der Waals surface area contributed by atoms with Gasteiger partial charge in [-0.1, -0.05) is 41.6 Å². The summed E-state index contributed by atoms with van der Waals surface area (Å²) in [4.78, 5) is 0. The van der Waals surface area contributed by atoms with Crippen molar-refractivity contribution in [2.45, 2.75) is 24.8 Å². The second-order valence-corrected chi connectivity index (χ2v) is 6.58. The fourth-order valence-corrected chi connectivity index (χ4v) is 3.06. The van der Waals surface area contributed by atoms with Crippen molar-refractivity contribution in [1.82, 2.24) is 14.9 Å². The highest BCUT2D eigenvalue weighted by Crippen LogP contribution is 2.26. The third kappa shape index (κ3) is 4.64. The molecule has 0 bridgehead atoms. The number of thioether (sulfide) groups is 1. The Kier molecular flexibility index (Phi) is 5.91. The second-order valence-electron chi connectivity index (χ2n) is 5.64. The van der Waals surface area contributed by atoms with E-state index in [1.54, 1.807) is 47.2 Å². The van der Waals surface area contributed by atoms with E-state index in [1.165, 1.54) is 11.1 Å². The number of aryl methyl sites for hydroxylation is 1. The van der Waals surface area contributed by atoms with Crippen molar-refractivity contribution in [2.24, 2.45) is 5.10 Å². The van der Waals surface area contributed by atoms with Gasteiger partial charge in [0, 0.05) is 5.75 Å². The van der Waals surface area contributed by atoms with Gasteiger partial charge in [0.05, 0.1) is 12.8 Å². The lowest BCUT2D eigenvalue weighted by Gasteiger charge is -2.06. The van der Waals surface area contributed by atoms with Crippen molar-refractivity contribution in [3.8, 4) is 11.5 Å². The Balaban J connectivity index is 1.69. The van der Waals surface area contributed by atoms with Gasteiger partial charge in [-0.25, -0.2) is 0 Å². The minimum Gasteiger partial charge on any atom is -0.504 e. The van der Waals surface area contributed by atoms with Crippen LogP contribution >= 0.6 is 11.8 Å². The molecule has 1 N–H and O–H groups in total. The Morgan fingerprint density at radius 1 is 1.23 bits per heavy atom. The molecule has 0 radical (unpaired) electrons. The van der Waals surface area contributed by atoms with Gasteiger partial charge in [-0.15, -0.1) is 10.2 Å². The molecule has 2 aromatic carbocycles. The number of rotatable bonds is 7. The maximum Gasteiger partial charge on any atom is 0.212 e. The zero-order chi connectivity index (χ0) is 18.4. The number of hydrogen-bond donors (Lipinski definition) is 1. The van der Waals surface area contributed by atoms with Crippen LogP contribution in [0.15, 0.2) is 59.0 Å². The molecule has 26 heavy (non-hydrogen) atoms. The van der Waals surface area contributed by atoms with Crippen molar-refractivity contribution in [1.29, 1.82) is 0 Å². The quantitative estimate of drug-likeness (QED) is 0.506. The average molecular weight is 368 g/mol. The normalized spacial score (nSPS) is 11.2. The number of aromatic hydroxyl groups is 1. The molecule has 0 amide bonds. The number of phenols is 1. The van der Waals surface area contributed by atoms with Gasteiger partial charge < -0.3 is 9.84 Å². The first-order valence-corrected chi connectivity index (χ1v) is 9.23. The van der Waals surface area contributed by atoms with Crippen LogP contribution in [0.25, 0.3) is 0 Å². The molecule has 0 aliphatic rings. The summed E-state index contributed by atoms with van der Waals surface area (Å²) < 4.78 is 7.02. The molecule has 0 fully saturated rings. The lowest BCUT2D eigenvalue weighted by molar-refractivity contribution is 0.318. The summed E-state index contributed by atoms with van der Waals surface area (Å²) in [5.41, 5.74) is 3.28. The minimum absolute atomic E-state index is 0.114. The molecular weight excluding hydrogens is 348 g/mol. The summed E-state index contributed by atoms with van der Waals surface area (Å²) in [6, 6.07) is 13.5. The monoisotopic (exact) mass is 368 g/mol. The molecule has 6 nitrogen and oxygen atoms in total. The van der Waals surface area contributed by atoms with Crippen molar-refractivity contribution in [2.75, 3.05) is 6.61 Å². The number of benzene rings is 2. The summed E-state index contributed by atoms with van der Waals surface area (Å²) in [6.45, 7) is 4.43. The molecule has 3 rings (SSSR count). The second kappa shape index (κ2) is 8.53. The summed E-state index contributed by atoms with van der Waals surface area (Å²) in [5.74, 6) is 1.35. The van der Waals surface area contributed by atoms with E-state index in [9.17, 15) is 5.11 Å². The van der Waals surface area contributed by atoms with Crippen LogP contribution in [0.5, 0.6) is 11.5 Å². The molecular formula is C19H20N4O2S. The molecule has 0 spiro atoms. The van der Waals surface area contributed by atoms with Crippen LogP contribution in [-0.2, 0) is 5.75 Å². The van der Waals surface area contributed by atoms with Crippen LogP contribution in [0.4, 0.5) is 0 Å². The molecule has 0 saturated carbocycles. The molecule has 0 saturated heterocycles. The molecule has 3 aromatic rings. The van der Waals surface area contributed by atoms with E-state index in [2.05, 4.69) is 46.5 Å². The molecule has 0 aliphatic heterocycles. The zero-order valence-corrected chi connectivity index (χ0v) is 15.5. The standard InChI is InChI=1S/C19H20N4O2S/c1-3-25-18-10-16(8-9-17(18)24)11-21-23-13-20-22-19(23)26-12-15-6-4-14(2)5-7-15/h4-11,13,24H,3,12H2,1-2H3. The Morgan fingerprint density at radius 3 is 2.81 bits per heavy atom. The van der Waals surface area contributed by atoms with Gasteiger partial charge in [0.2, 0.25) is 5.16 Å².